The number of ether oxygens (including phenoxy) is 2. The van der Waals surface area contributed by atoms with E-state index in [0.717, 1.165) is 16.7 Å². The number of hydrogen-bond acceptors (Lipinski definition) is 6. The van der Waals surface area contributed by atoms with E-state index in [9.17, 15) is 14.4 Å². The van der Waals surface area contributed by atoms with Gasteiger partial charge in [-0.05, 0) is 34.9 Å². The smallest absolute Gasteiger partial charge is 0.236 e. The van der Waals surface area contributed by atoms with Gasteiger partial charge in [0.05, 0.1) is 24.4 Å². The molecule has 7 nitrogen and oxygen atoms in total. The van der Waals surface area contributed by atoms with Crippen LogP contribution in [-0.2, 0) is 16.1 Å². The van der Waals surface area contributed by atoms with Crippen LogP contribution in [-0.4, -0.2) is 40.2 Å². The van der Waals surface area contributed by atoms with Gasteiger partial charge in [-0.15, -0.1) is 0 Å². The number of Topliss-reactive ketones (excluding diaryl/α,β-unsaturated/α-hetero) is 1. The van der Waals surface area contributed by atoms with Crippen molar-refractivity contribution in [2.24, 2.45) is 11.8 Å². The van der Waals surface area contributed by atoms with E-state index >= 15 is 0 Å². The molecule has 0 N–H and O–H groups in total. The molecule has 3 aromatic rings. The zero-order valence-electron chi connectivity index (χ0n) is 19.2. The van der Waals surface area contributed by atoms with E-state index in [1.807, 2.05) is 65.7 Å². The van der Waals surface area contributed by atoms with Crippen molar-refractivity contribution in [3.05, 3.63) is 101 Å². The van der Waals surface area contributed by atoms with Crippen LogP contribution in [0, 0.1) is 11.8 Å². The molecule has 4 unspecified atom stereocenters. The van der Waals surface area contributed by atoms with Crippen LogP contribution in [0.2, 0.25) is 0 Å². The van der Waals surface area contributed by atoms with Gasteiger partial charge >= 0.3 is 0 Å². The zero-order chi connectivity index (χ0) is 24.4. The van der Waals surface area contributed by atoms with Crippen molar-refractivity contribution in [1.82, 2.24) is 9.80 Å². The molecule has 0 saturated carbocycles. The van der Waals surface area contributed by atoms with Crippen LogP contribution < -0.4 is 9.47 Å². The summed E-state index contributed by atoms with van der Waals surface area (Å²) >= 11 is 0. The standard InChI is InChI=1S/C29H22N2O5/c32-27(19-7-2-1-3-8-19)26-24-23(25-20-9-5-4-6-18(20)12-13-30(25)26)28(33)31(29(24)34)15-17-10-11-21-22(14-17)36-16-35-21/h1-14,23-26H,15-16H2. The average Bonchev–Trinajstić information content (AvgIpc) is 3.59. The number of likely N-dealkylation sites (tertiary alicyclic amines) is 1. The van der Waals surface area contributed by atoms with Crippen molar-refractivity contribution >= 4 is 23.7 Å². The largest absolute Gasteiger partial charge is 0.454 e. The van der Waals surface area contributed by atoms with Gasteiger partial charge in [0.15, 0.2) is 17.3 Å². The molecule has 4 aliphatic heterocycles. The second-order valence-corrected chi connectivity index (χ2v) is 9.51. The Morgan fingerprint density at radius 2 is 1.61 bits per heavy atom. The number of rotatable bonds is 4. The fourth-order valence-corrected chi connectivity index (χ4v) is 6.07. The van der Waals surface area contributed by atoms with Crippen LogP contribution in [0.25, 0.3) is 6.08 Å². The van der Waals surface area contributed by atoms with E-state index < -0.39 is 17.9 Å². The molecule has 2 amide bonds. The van der Waals surface area contributed by atoms with Crippen molar-refractivity contribution in [2.75, 3.05) is 6.79 Å². The van der Waals surface area contributed by atoms with Crippen molar-refractivity contribution in [3.8, 4) is 11.5 Å². The fraction of sp³-hybridized carbons (Fsp3) is 0.207. The molecule has 178 valence electrons. The lowest BCUT2D eigenvalue weighted by Gasteiger charge is -2.35. The normalized spacial score (nSPS) is 25.1. The maximum absolute atomic E-state index is 13.9. The number of nitrogens with zero attached hydrogens (tertiary/aromatic N) is 2. The topological polar surface area (TPSA) is 76.1 Å². The van der Waals surface area contributed by atoms with Crippen molar-refractivity contribution < 1.29 is 23.9 Å². The highest BCUT2D eigenvalue weighted by Crippen LogP contribution is 2.53. The second-order valence-electron chi connectivity index (χ2n) is 9.51. The van der Waals surface area contributed by atoms with E-state index in [-0.39, 0.29) is 37.0 Å². The maximum Gasteiger partial charge on any atom is 0.236 e. The molecule has 4 heterocycles. The van der Waals surface area contributed by atoms with E-state index in [1.165, 1.54) is 4.90 Å². The minimum atomic E-state index is -0.764. The van der Waals surface area contributed by atoms with Crippen LogP contribution in [0.4, 0.5) is 0 Å². The molecule has 0 aromatic heterocycles. The van der Waals surface area contributed by atoms with E-state index in [2.05, 4.69) is 0 Å². The Morgan fingerprint density at radius 3 is 2.47 bits per heavy atom. The quantitative estimate of drug-likeness (QED) is 0.419. The summed E-state index contributed by atoms with van der Waals surface area (Å²) in [6.45, 7) is 0.274. The highest BCUT2D eigenvalue weighted by Gasteiger charge is 2.64. The molecular formula is C29H22N2O5. The molecule has 4 atom stereocenters. The molecule has 0 spiro atoms. The summed E-state index contributed by atoms with van der Waals surface area (Å²) in [5.41, 5.74) is 3.26. The zero-order valence-corrected chi connectivity index (χ0v) is 19.2. The maximum atomic E-state index is 13.9. The monoisotopic (exact) mass is 478 g/mol. The minimum absolute atomic E-state index is 0.123. The number of ketones is 1. The molecule has 36 heavy (non-hydrogen) atoms. The third-order valence-electron chi connectivity index (χ3n) is 7.66. The lowest BCUT2D eigenvalue weighted by Crippen LogP contribution is -2.44. The molecular weight excluding hydrogens is 456 g/mol. The lowest BCUT2D eigenvalue weighted by atomic mass is 9.83. The van der Waals surface area contributed by atoms with Crippen LogP contribution in [0.3, 0.4) is 0 Å². The van der Waals surface area contributed by atoms with Crippen LogP contribution in [0.1, 0.15) is 33.1 Å². The molecule has 0 bridgehead atoms. The van der Waals surface area contributed by atoms with Gasteiger partial charge in [-0.2, -0.15) is 0 Å². The third kappa shape index (κ3) is 2.95. The molecule has 7 rings (SSSR count). The van der Waals surface area contributed by atoms with Gasteiger partial charge in [-0.3, -0.25) is 19.3 Å². The summed E-state index contributed by atoms with van der Waals surface area (Å²) in [5.74, 6) is -0.868. The Hall–Kier alpha value is -4.39. The van der Waals surface area contributed by atoms with Gasteiger partial charge in [0.2, 0.25) is 18.6 Å². The van der Waals surface area contributed by atoms with E-state index in [1.54, 1.807) is 24.3 Å². The van der Waals surface area contributed by atoms with E-state index in [4.69, 9.17) is 9.47 Å². The summed E-state index contributed by atoms with van der Waals surface area (Å²) in [7, 11) is 0. The number of carbonyl (C=O) groups is 3. The Labute approximate surface area is 207 Å². The SMILES string of the molecule is O=C(c1ccccc1)C1C2C(=O)N(Cc3ccc4c(c3)OCO4)C(=O)C2C2c3ccccc3C=CN12. The molecule has 0 radical (unpaired) electrons. The first-order valence-electron chi connectivity index (χ1n) is 12.0. The number of amides is 2. The van der Waals surface area contributed by atoms with Crippen molar-refractivity contribution in [3.63, 3.8) is 0 Å². The molecule has 2 saturated heterocycles. The van der Waals surface area contributed by atoms with Crippen molar-refractivity contribution in [1.29, 1.82) is 0 Å². The molecule has 3 aromatic carbocycles. The summed E-state index contributed by atoms with van der Waals surface area (Å²) in [6.07, 6.45) is 3.83. The third-order valence-corrected chi connectivity index (χ3v) is 7.66. The Morgan fingerprint density at radius 1 is 0.861 bits per heavy atom. The molecule has 7 heteroatoms. The number of carbonyl (C=O) groups excluding carboxylic acids is 3. The number of fused-ring (bicyclic) bond motifs is 6. The van der Waals surface area contributed by atoms with Gasteiger partial charge in [0.1, 0.15) is 6.04 Å². The molecule has 4 aliphatic rings. The number of benzene rings is 3. The first kappa shape index (κ1) is 20.9. The second kappa shape index (κ2) is 7.81. The van der Waals surface area contributed by atoms with Gasteiger partial charge in [-0.25, -0.2) is 0 Å². The average molecular weight is 479 g/mol. The van der Waals surface area contributed by atoms with Crippen LogP contribution >= 0.6 is 0 Å². The van der Waals surface area contributed by atoms with Gasteiger partial charge < -0.3 is 14.4 Å². The summed E-state index contributed by atoms with van der Waals surface area (Å²) in [4.78, 5) is 44.8. The first-order chi connectivity index (χ1) is 17.6. The van der Waals surface area contributed by atoms with Crippen LogP contribution in [0.5, 0.6) is 11.5 Å². The van der Waals surface area contributed by atoms with Gasteiger partial charge in [-0.1, -0.05) is 60.7 Å². The first-order valence-corrected chi connectivity index (χ1v) is 12.0. The van der Waals surface area contributed by atoms with Gasteiger partial charge in [0.25, 0.3) is 0 Å². The highest BCUT2D eigenvalue weighted by atomic mass is 16.7. The van der Waals surface area contributed by atoms with Crippen LogP contribution in [0.15, 0.2) is 79.0 Å². The Bertz CT molecular complexity index is 1450. The Kier molecular flexibility index (Phi) is 4.54. The lowest BCUT2D eigenvalue weighted by molar-refractivity contribution is -0.142. The summed E-state index contributed by atoms with van der Waals surface area (Å²) in [5, 5.41) is 0. The number of imide groups is 1. The predicted molar refractivity (Wildman–Crippen MR) is 130 cm³/mol. The molecule has 0 aliphatic carbocycles. The molecule has 2 fully saturated rings. The minimum Gasteiger partial charge on any atom is -0.454 e. The van der Waals surface area contributed by atoms with E-state index in [0.29, 0.717) is 17.1 Å². The van der Waals surface area contributed by atoms with Crippen molar-refractivity contribution in [2.45, 2.75) is 18.6 Å². The summed E-state index contributed by atoms with van der Waals surface area (Å²) < 4.78 is 10.9. The Balaban J connectivity index is 1.30. The van der Waals surface area contributed by atoms with Gasteiger partial charge in [0, 0.05) is 11.8 Å². The predicted octanol–water partition coefficient (Wildman–Crippen LogP) is 3.81. The fourth-order valence-electron chi connectivity index (χ4n) is 6.07. The summed E-state index contributed by atoms with van der Waals surface area (Å²) in [6, 6.07) is 21.1. The number of hydrogen-bond donors (Lipinski definition) is 0. The highest BCUT2D eigenvalue weighted by molar-refractivity contribution is 6.12.